The molecule has 0 spiro atoms. The van der Waals surface area contributed by atoms with Crippen LogP contribution in [-0.4, -0.2) is 41.8 Å². The molecular formula is C19H18N2O3S2. The maximum Gasteiger partial charge on any atom is 0.289 e. The monoisotopic (exact) mass is 386 g/mol. The molecule has 0 aliphatic carbocycles. The first kappa shape index (κ1) is 17.1. The Morgan fingerprint density at radius 1 is 1.23 bits per heavy atom. The van der Waals surface area contributed by atoms with E-state index in [9.17, 15) is 9.59 Å². The van der Waals surface area contributed by atoms with Crippen molar-refractivity contribution in [3.8, 4) is 0 Å². The van der Waals surface area contributed by atoms with E-state index in [2.05, 4.69) is 17.5 Å². The maximum atomic E-state index is 13.0. The van der Waals surface area contributed by atoms with Crippen molar-refractivity contribution in [1.82, 2.24) is 9.80 Å². The van der Waals surface area contributed by atoms with E-state index in [4.69, 9.17) is 4.42 Å². The summed E-state index contributed by atoms with van der Waals surface area (Å²) in [5.74, 6) is -0.0965. The first-order valence-corrected chi connectivity index (χ1v) is 10.1. The molecular weight excluding hydrogens is 368 g/mol. The van der Waals surface area contributed by atoms with E-state index in [1.54, 1.807) is 41.9 Å². The average Bonchev–Trinajstić information content (AvgIpc) is 3.42. The van der Waals surface area contributed by atoms with Crippen molar-refractivity contribution >= 4 is 34.5 Å². The molecule has 0 saturated carbocycles. The zero-order valence-electron chi connectivity index (χ0n) is 14.3. The Balaban J connectivity index is 1.56. The van der Waals surface area contributed by atoms with Gasteiger partial charge in [-0.1, -0.05) is 6.07 Å². The molecule has 134 valence electrons. The van der Waals surface area contributed by atoms with Crippen molar-refractivity contribution in [2.45, 2.75) is 12.5 Å². The summed E-state index contributed by atoms with van der Waals surface area (Å²) in [6, 6.07) is 9.40. The zero-order chi connectivity index (χ0) is 18.1. The number of rotatable bonds is 4. The number of amides is 2. The van der Waals surface area contributed by atoms with Gasteiger partial charge in [0.25, 0.3) is 5.91 Å². The molecule has 5 nitrogen and oxygen atoms in total. The number of hydrogen-bond acceptors (Lipinski definition) is 5. The lowest BCUT2D eigenvalue weighted by molar-refractivity contribution is -0.133. The van der Waals surface area contributed by atoms with Gasteiger partial charge in [-0.3, -0.25) is 9.59 Å². The highest BCUT2D eigenvalue weighted by atomic mass is 32.1. The Kier molecular flexibility index (Phi) is 4.65. The van der Waals surface area contributed by atoms with Crippen molar-refractivity contribution in [3.63, 3.8) is 0 Å². The van der Waals surface area contributed by atoms with Crippen LogP contribution in [-0.2, 0) is 11.2 Å². The molecule has 4 rings (SSSR count). The van der Waals surface area contributed by atoms with Crippen LogP contribution in [0.4, 0.5) is 0 Å². The zero-order valence-corrected chi connectivity index (χ0v) is 15.9. The highest BCUT2D eigenvalue weighted by Gasteiger charge is 2.34. The normalized spacial score (nSPS) is 16.3. The van der Waals surface area contributed by atoms with Crippen LogP contribution in [0, 0.1) is 0 Å². The Morgan fingerprint density at radius 3 is 2.85 bits per heavy atom. The fraction of sp³-hybridized carbons (Fsp3) is 0.263. The summed E-state index contributed by atoms with van der Waals surface area (Å²) < 4.78 is 5.15. The number of fused-ring (bicyclic) bond motifs is 1. The molecule has 0 bridgehead atoms. The van der Waals surface area contributed by atoms with Crippen LogP contribution in [0.25, 0.3) is 0 Å². The van der Waals surface area contributed by atoms with Crippen LogP contribution in [0.2, 0.25) is 0 Å². The van der Waals surface area contributed by atoms with Gasteiger partial charge in [-0.25, -0.2) is 0 Å². The Hall–Kier alpha value is -2.38. The Labute approximate surface area is 159 Å². The van der Waals surface area contributed by atoms with Crippen molar-refractivity contribution in [2.24, 2.45) is 0 Å². The van der Waals surface area contributed by atoms with Crippen LogP contribution in [0.1, 0.15) is 31.9 Å². The van der Waals surface area contributed by atoms with Crippen LogP contribution in [0.15, 0.2) is 51.8 Å². The second-order valence-corrected chi connectivity index (χ2v) is 8.17. The molecule has 1 unspecified atom stereocenters. The predicted octanol–water partition coefficient (Wildman–Crippen LogP) is 3.65. The van der Waals surface area contributed by atoms with Gasteiger partial charge in [-0.2, -0.15) is 0 Å². The van der Waals surface area contributed by atoms with Crippen LogP contribution in [0.3, 0.4) is 0 Å². The van der Waals surface area contributed by atoms with Gasteiger partial charge in [0.05, 0.1) is 18.8 Å². The summed E-state index contributed by atoms with van der Waals surface area (Å²) in [6.45, 7) is 0.693. The number of nitrogens with zero attached hydrogens (tertiary/aromatic N) is 2. The third-order valence-corrected chi connectivity index (χ3v) is 6.47. The Bertz CT molecular complexity index is 899. The third kappa shape index (κ3) is 3.08. The van der Waals surface area contributed by atoms with Gasteiger partial charge >= 0.3 is 0 Å². The molecule has 4 heterocycles. The summed E-state index contributed by atoms with van der Waals surface area (Å²) in [5, 5.41) is 4.12. The van der Waals surface area contributed by atoms with Crippen molar-refractivity contribution in [1.29, 1.82) is 0 Å². The second kappa shape index (κ2) is 7.09. The number of furan rings is 1. The quantitative estimate of drug-likeness (QED) is 0.688. The fourth-order valence-corrected chi connectivity index (χ4v) is 5.05. The lowest BCUT2D eigenvalue weighted by atomic mass is 9.98. The molecule has 3 aromatic rings. The third-order valence-electron chi connectivity index (χ3n) is 4.55. The number of likely N-dealkylation sites (N-methyl/N-ethyl adjacent to an activating group) is 1. The smallest absolute Gasteiger partial charge is 0.289 e. The van der Waals surface area contributed by atoms with Gasteiger partial charge in [-0.15, -0.1) is 22.7 Å². The van der Waals surface area contributed by atoms with Gasteiger partial charge < -0.3 is 14.2 Å². The van der Waals surface area contributed by atoms with E-state index in [-0.39, 0.29) is 30.2 Å². The summed E-state index contributed by atoms with van der Waals surface area (Å²) in [4.78, 5) is 31.2. The summed E-state index contributed by atoms with van der Waals surface area (Å²) in [7, 11) is 1.63. The molecule has 26 heavy (non-hydrogen) atoms. The predicted molar refractivity (Wildman–Crippen MR) is 102 cm³/mol. The van der Waals surface area contributed by atoms with E-state index in [0.29, 0.717) is 6.54 Å². The van der Waals surface area contributed by atoms with Crippen molar-refractivity contribution in [2.75, 3.05) is 20.1 Å². The number of hydrogen-bond donors (Lipinski definition) is 0. The highest BCUT2D eigenvalue weighted by molar-refractivity contribution is 7.10. The largest absolute Gasteiger partial charge is 0.459 e. The van der Waals surface area contributed by atoms with E-state index >= 15 is 0 Å². The van der Waals surface area contributed by atoms with Gasteiger partial charge in [0.15, 0.2) is 5.76 Å². The minimum Gasteiger partial charge on any atom is -0.459 e. The molecule has 2 amide bonds. The van der Waals surface area contributed by atoms with Crippen molar-refractivity contribution < 1.29 is 14.0 Å². The van der Waals surface area contributed by atoms with Gasteiger partial charge in [0, 0.05) is 23.3 Å². The molecule has 0 N–H and O–H groups in total. The second-order valence-electron chi connectivity index (χ2n) is 6.19. The van der Waals surface area contributed by atoms with Gasteiger partial charge in [-0.05, 0) is 47.0 Å². The molecule has 7 heteroatoms. The van der Waals surface area contributed by atoms with Crippen LogP contribution in [0.5, 0.6) is 0 Å². The molecule has 0 fully saturated rings. The van der Waals surface area contributed by atoms with Gasteiger partial charge in [0.2, 0.25) is 5.91 Å². The Morgan fingerprint density at radius 2 is 2.12 bits per heavy atom. The fourth-order valence-electron chi connectivity index (χ4n) is 3.29. The summed E-state index contributed by atoms with van der Waals surface area (Å²) in [5.41, 5.74) is 1.21. The molecule has 1 atom stereocenters. The highest BCUT2D eigenvalue weighted by Crippen LogP contribution is 2.39. The first-order valence-electron chi connectivity index (χ1n) is 8.33. The summed E-state index contributed by atoms with van der Waals surface area (Å²) in [6.07, 6.45) is 2.31. The molecule has 1 aliphatic heterocycles. The van der Waals surface area contributed by atoms with E-state index in [1.807, 2.05) is 16.3 Å². The lowest BCUT2D eigenvalue weighted by Crippen LogP contribution is -2.45. The number of carbonyl (C=O) groups is 2. The SMILES string of the molecule is CN(CC(=O)N1CCc2sccc2C1c1cccs1)C(=O)c1ccco1. The standard InChI is InChI=1S/C19H18N2O3S2/c1-20(19(23)14-4-2-9-24-14)12-17(22)21-8-6-15-13(7-11-26-15)18(21)16-5-3-10-25-16/h2-5,7,9-11,18H,6,8,12H2,1H3. The molecule has 0 aromatic carbocycles. The van der Waals surface area contributed by atoms with Gasteiger partial charge in [0.1, 0.15) is 0 Å². The molecule has 3 aromatic heterocycles. The average molecular weight is 386 g/mol. The first-order chi connectivity index (χ1) is 12.6. The minimum atomic E-state index is -0.288. The van der Waals surface area contributed by atoms with E-state index < -0.39 is 0 Å². The van der Waals surface area contributed by atoms with E-state index in [0.717, 1.165) is 11.3 Å². The number of thiophene rings is 2. The topological polar surface area (TPSA) is 53.8 Å². The van der Waals surface area contributed by atoms with Crippen molar-refractivity contribution in [3.05, 3.63) is 68.4 Å². The lowest BCUT2D eigenvalue weighted by Gasteiger charge is -2.36. The molecule has 0 radical (unpaired) electrons. The van der Waals surface area contributed by atoms with Crippen LogP contribution < -0.4 is 0 Å². The van der Waals surface area contributed by atoms with Crippen LogP contribution >= 0.6 is 22.7 Å². The maximum absolute atomic E-state index is 13.0. The minimum absolute atomic E-state index is 0.0286. The van der Waals surface area contributed by atoms with E-state index in [1.165, 1.54) is 21.6 Å². The molecule has 1 aliphatic rings. The number of carbonyl (C=O) groups excluding carboxylic acids is 2. The molecule has 0 saturated heterocycles. The summed E-state index contributed by atoms with van der Waals surface area (Å²) >= 11 is 3.40.